The normalized spacial score (nSPS) is 12.2. The maximum Gasteiger partial charge on any atom is 0.516 e. The van der Waals surface area contributed by atoms with Gasteiger partial charge in [-0.25, -0.2) is 4.98 Å². The van der Waals surface area contributed by atoms with Gasteiger partial charge in [0.25, 0.3) is 11.1 Å². The molecule has 0 spiro atoms. The zero-order valence-corrected chi connectivity index (χ0v) is 17.1. The van der Waals surface area contributed by atoms with E-state index in [9.17, 15) is 31.2 Å². The molecular formula is C18H14ClF3N4O4S. The number of sulfonamides is 1. The highest BCUT2D eigenvalue weighted by Crippen LogP contribution is 2.25. The van der Waals surface area contributed by atoms with Gasteiger partial charge in [-0.05, 0) is 36.2 Å². The first-order valence-electron chi connectivity index (χ1n) is 8.59. The lowest BCUT2D eigenvalue weighted by molar-refractivity contribution is -0.0429. The second kappa shape index (κ2) is 7.85. The van der Waals surface area contributed by atoms with E-state index >= 15 is 0 Å². The summed E-state index contributed by atoms with van der Waals surface area (Å²) in [5.41, 5.74) is -5.00. The molecule has 4 aromatic rings. The van der Waals surface area contributed by atoms with Gasteiger partial charge in [0.15, 0.2) is 0 Å². The molecule has 0 atom stereocenters. The summed E-state index contributed by atoms with van der Waals surface area (Å²) in [6.45, 7) is 0.0346. The van der Waals surface area contributed by atoms with Crippen LogP contribution in [-0.2, 0) is 23.0 Å². The number of nitrogens with zero attached hydrogens (tertiary/aromatic N) is 3. The number of alkyl halides is 3. The SMILES string of the molecule is Cl.O=c1c2cccc3ncc(c(=O)n1CCc1ccc(NS(=O)(=O)C(F)(F)F)cc1)n32. The van der Waals surface area contributed by atoms with Crippen molar-refractivity contribution in [2.45, 2.75) is 18.5 Å². The zero-order chi connectivity index (χ0) is 21.7. The van der Waals surface area contributed by atoms with Gasteiger partial charge in [0, 0.05) is 12.2 Å². The van der Waals surface area contributed by atoms with Crippen molar-refractivity contribution < 1.29 is 21.6 Å². The Morgan fingerprint density at radius 1 is 0.968 bits per heavy atom. The largest absolute Gasteiger partial charge is 0.516 e. The van der Waals surface area contributed by atoms with Crippen molar-refractivity contribution in [3.05, 3.63) is 74.9 Å². The first kappa shape index (κ1) is 22.6. The minimum Gasteiger partial charge on any atom is -0.283 e. The first-order chi connectivity index (χ1) is 14.1. The monoisotopic (exact) mass is 474 g/mol. The minimum absolute atomic E-state index is 0. The van der Waals surface area contributed by atoms with Gasteiger partial charge in [-0.3, -0.25) is 23.3 Å². The number of anilines is 1. The Bertz CT molecular complexity index is 1460. The van der Waals surface area contributed by atoms with Crippen LogP contribution in [0.1, 0.15) is 5.56 Å². The molecule has 164 valence electrons. The predicted octanol–water partition coefficient (Wildman–Crippen LogP) is 2.37. The molecule has 0 aliphatic heterocycles. The molecule has 0 fully saturated rings. The smallest absolute Gasteiger partial charge is 0.283 e. The van der Waals surface area contributed by atoms with Crippen LogP contribution in [0.5, 0.6) is 0 Å². The number of aromatic nitrogens is 3. The standard InChI is InChI=1S/C18H13F3N4O4S.ClH/c19-18(20,21)30(28,29)23-12-6-4-11(5-7-12)8-9-24-16(26)13-2-1-3-15-22-10-14(17(24)27)25(13)15;/h1-7,10,23H,8-9H2;1H. The van der Waals surface area contributed by atoms with Crippen LogP contribution in [0.15, 0.2) is 58.3 Å². The lowest BCUT2D eigenvalue weighted by Crippen LogP contribution is -2.35. The van der Waals surface area contributed by atoms with Crippen LogP contribution in [0.25, 0.3) is 16.7 Å². The van der Waals surface area contributed by atoms with Crippen LogP contribution in [0, 0.1) is 0 Å². The average molecular weight is 475 g/mol. The van der Waals surface area contributed by atoms with E-state index in [1.54, 1.807) is 18.2 Å². The Labute approximate surface area is 178 Å². The summed E-state index contributed by atoms with van der Waals surface area (Å²) in [6.07, 6.45) is 1.62. The molecule has 0 saturated heterocycles. The summed E-state index contributed by atoms with van der Waals surface area (Å²) in [7, 11) is -5.51. The molecule has 3 aromatic heterocycles. The van der Waals surface area contributed by atoms with E-state index < -0.39 is 26.7 Å². The van der Waals surface area contributed by atoms with Crippen molar-refractivity contribution in [1.29, 1.82) is 0 Å². The van der Waals surface area contributed by atoms with Crippen LogP contribution >= 0.6 is 12.4 Å². The van der Waals surface area contributed by atoms with Crippen molar-refractivity contribution in [2.75, 3.05) is 4.72 Å². The molecule has 3 heterocycles. The van der Waals surface area contributed by atoms with Crippen LogP contribution in [-0.4, -0.2) is 27.9 Å². The molecular weight excluding hydrogens is 461 g/mol. The quantitative estimate of drug-likeness (QED) is 0.478. The Morgan fingerprint density at radius 2 is 1.61 bits per heavy atom. The molecule has 13 heteroatoms. The Balaban J connectivity index is 0.00000272. The molecule has 31 heavy (non-hydrogen) atoms. The summed E-state index contributed by atoms with van der Waals surface area (Å²) in [5.74, 6) is 0. The molecule has 1 N–H and O–H groups in total. The van der Waals surface area contributed by atoms with Crippen molar-refractivity contribution >= 4 is 44.8 Å². The number of benzene rings is 1. The van der Waals surface area contributed by atoms with E-state index in [4.69, 9.17) is 0 Å². The van der Waals surface area contributed by atoms with Gasteiger partial charge in [0.2, 0.25) is 0 Å². The predicted molar refractivity (Wildman–Crippen MR) is 110 cm³/mol. The third-order valence-corrected chi connectivity index (χ3v) is 5.71. The highest BCUT2D eigenvalue weighted by atomic mass is 35.5. The number of hydrogen-bond donors (Lipinski definition) is 1. The van der Waals surface area contributed by atoms with Gasteiger partial charge in [-0.2, -0.15) is 21.6 Å². The Morgan fingerprint density at radius 3 is 2.26 bits per heavy atom. The second-order valence-corrected chi connectivity index (χ2v) is 8.18. The minimum atomic E-state index is -5.51. The van der Waals surface area contributed by atoms with Crippen molar-refractivity contribution in [1.82, 2.24) is 14.0 Å². The molecule has 0 bridgehead atoms. The third-order valence-electron chi connectivity index (χ3n) is 4.59. The Hall–Kier alpha value is -3.12. The van der Waals surface area contributed by atoms with Crippen LogP contribution in [0.4, 0.5) is 18.9 Å². The zero-order valence-electron chi connectivity index (χ0n) is 15.5. The molecule has 0 amide bonds. The lowest BCUT2D eigenvalue weighted by Gasteiger charge is -2.11. The first-order valence-corrected chi connectivity index (χ1v) is 10.1. The summed E-state index contributed by atoms with van der Waals surface area (Å²) in [6, 6.07) is 10.1. The fraction of sp³-hybridized carbons (Fsp3) is 0.167. The van der Waals surface area contributed by atoms with Gasteiger partial charge in [-0.15, -0.1) is 12.4 Å². The molecule has 0 aliphatic rings. The molecule has 1 aromatic carbocycles. The molecule has 0 radical (unpaired) electrons. The number of imidazole rings is 1. The second-order valence-electron chi connectivity index (χ2n) is 6.51. The lowest BCUT2D eigenvalue weighted by atomic mass is 10.1. The highest BCUT2D eigenvalue weighted by Gasteiger charge is 2.46. The third kappa shape index (κ3) is 3.95. The number of rotatable bonds is 5. The number of nitrogens with one attached hydrogen (secondary N) is 1. The molecule has 4 rings (SSSR count). The van der Waals surface area contributed by atoms with Crippen molar-refractivity contribution in [2.24, 2.45) is 0 Å². The molecule has 0 aliphatic carbocycles. The number of halogens is 4. The van der Waals surface area contributed by atoms with E-state index in [2.05, 4.69) is 4.98 Å². The van der Waals surface area contributed by atoms with Crippen LogP contribution < -0.4 is 15.8 Å². The number of aryl methyl sites for hydroxylation is 1. The summed E-state index contributed by atoms with van der Waals surface area (Å²) in [4.78, 5) is 29.5. The molecule has 0 saturated carbocycles. The molecule has 8 nitrogen and oxygen atoms in total. The van der Waals surface area contributed by atoms with E-state index in [0.29, 0.717) is 16.7 Å². The van der Waals surface area contributed by atoms with E-state index in [-0.39, 0.29) is 36.6 Å². The van der Waals surface area contributed by atoms with Crippen LogP contribution in [0.3, 0.4) is 0 Å². The summed E-state index contributed by atoms with van der Waals surface area (Å²) in [5, 5.41) is 0. The average Bonchev–Trinajstić information content (AvgIpc) is 3.11. The van der Waals surface area contributed by atoms with Crippen LogP contribution in [0.2, 0.25) is 0 Å². The number of pyridine rings is 1. The van der Waals surface area contributed by atoms with Gasteiger partial charge in [0.1, 0.15) is 16.7 Å². The fourth-order valence-corrected chi connectivity index (χ4v) is 3.68. The van der Waals surface area contributed by atoms with Gasteiger partial charge >= 0.3 is 15.5 Å². The van der Waals surface area contributed by atoms with E-state index in [1.807, 2.05) is 0 Å². The summed E-state index contributed by atoms with van der Waals surface area (Å²) >= 11 is 0. The van der Waals surface area contributed by atoms with Crippen molar-refractivity contribution in [3.63, 3.8) is 0 Å². The summed E-state index contributed by atoms with van der Waals surface area (Å²) < 4.78 is 63.6. The molecule has 0 unspecified atom stereocenters. The highest BCUT2D eigenvalue weighted by molar-refractivity contribution is 7.93. The van der Waals surface area contributed by atoms with Gasteiger partial charge < -0.3 is 0 Å². The fourth-order valence-electron chi connectivity index (χ4n) is 3.12. The van der Waals surface area contributed by atoms with Gasteiger partial charge in [0.05, 0.1) is 6.20 Å². The maximum absolute atomic E-state index is 12.7. The Kier molecular flexibility index (Phi) is 5.72. The van der Waals surface area contributed by atoms with E-state index in [1.165, 1.54) is 39.6 Å². The van der Waals surface area contributed by atoms with Crippen molar-refractivity contribution in [3.8, 4) is 0 Å². The number of hydrogen-bond acceptors (Lipinski definition) is 5. The topological polar surface area (TPSA) is 103 Å². The van der Waals surface area contributed by atoms with Gasteiger partial charge in [-0.1, -0.05) is 18.2 Å². The maximum atomic E-state index is 12.7. The van der Waals surface area contributed by atoms with E-state index in [0.717, 1.165) is 4.57 Å².